The van der Waals surface area contributed by atoms with Crippen LogP contribution < -0.4 is 5.32 Å². The van der Waals surface area contributed by atoms with E-state index in [1.54, 1.807) is 12.1 Å². The molecule has 1 aliphatic rings. The minimum atomic E-state index is -0.330. The number of carbonyl (C=O) groups excluding carboxylic acids is 1. The van der Waals surface area contributed by atoms with Gasteiger partial charge in [0.2, 0.25) is 5.91 Å². The van der Waals surface area contributed by atoms with Crippen molar-refractivity contribution in [1.29, 1.82) is 0 Å². The smallest absolute Gasteiger partial charge is 0.229 e. The fourth-order valence-electron chi connectivity index (χ4n) is 2.87. The molecule has 0 unspecified atom stereocenters. The molecule has 0 spiro atoms. The number of nitrogens with zero attached hydrogens (tertiary/aromatic N) is 1. The Morgan fingerprint density at radius 2 is 2.14 bits per heavy atom. The molecule has 4 nitrogen and oxygen atoms in total. The van der Waals surface area contributed by atoms with Crippen molar-refractivity contribution in [1.82, 2.24) is 10.2 Å². The number of anilines is 1. The van der Waals surface area contributed by atoms with Crippen LogP contribution in [0.5, 0.6) is 0 Å². The Labute approximate surface area is 122 Å². The van der Waals surface area contributed by atoms with Gasteiger partial charge >= 0.3 is 0 Å². The summed E-state index contributed by atoms with van der Waals surface area (Å²) < 4.78 is 13.1. The molecule has 21 heavy (non-hydrogen) atoms. The number of carbonyl (C=O) groups is 1. The predicted octanol–water partition coefficient (Wildman–Crippen LogP) is 3.39. The van der Waals surface area contributed by atoms with Gasteiger partial charge in [-0.2, -0.15) is 5.10 Å². The summed E-state index contributed by atoms with van der Waals surface area (Å²) in [5.41, 5.74) is 1.74. The van der Waals surface area contributed by atoms with E-state index in [4.69, 9.17) is 0 Å². The number of halogens is 1. The van der Waals surface area contributed by atoms with E-state index in [9.17, 15) is 9.18 Å². The summed E-state index contributed by atoms with van der Waals surface area (Å²) >= 11 is 0. The number of aromatic nitrogens is 2. The van der Waals surface area contributed by atoms with Gasteiger partial charge in [0.25, 0.3) is 0 Å². The highest BCUT2D eigenvalue weighted by molar-refractivity contribution is 5.91. The lowest BCUT2D eigenvalue weighted by Gasteiger charge is -2.04. The highest BCUT2D eigenvalue weighted by atomic mass is 19.1. The number of nitrogens with one attached hydrogen (secondary N) is 2. The lowest BCUT2D eigenvalue weighted by molar-refractivity contribution is -0.115. The van der Waals surface area contributed by atoms with Crippen LogP contribution in [-0.4, -0.2) is 16.1 Å². The molecule has 2 aromatic rings. The predicted molar refractivity (Wildman–Crippen MR) is 78.5 cm³/mol. The van der Waals surface area contributed by atoms with Gasteiger partial charge in [0, 0.05) is 17.7 Å². The minimum absolute atomic E-state index is 0.142. The number of aromatic amines is 1. The summed E-state index contributed by atoms with van der Waals surface area (Å²) in [5, 5.41) is 9.88. The van der Waals surface area contributed by atoms with Crippen LogP contribution in [0.2, 0.25) is 0 Å². The van der Waals surface area contributed by atoms with Gasteiger partial charge in [0.1, 0.15) is 5.82 Å². The van der Waals surface area contributed by atoms with Gasteiger partial charge in [0.05, 0.1) is 6.42 Å². The van der Waals surface area contributed by atoms with Crippen LogP contribution in [0, 0.1) is 5.82 Å². The summed E-state index contributed by atoms with van der Waals surface area (Å²) in [6, 6.07) is 7.97. The van der Waals surface area contributed by atoms with Crippen molar-refractivity contribution < 1.29 is 9.18 Å². The van der Waals surface area contributed by atoms with E-state index in [1.165, 1.54) is 37.8 Å². The van der Waals surface area contributed by atoms with Crippen LogP contribution in [0.3, 0.4) is 0 Å². The number of hydrogen-bond acceptors (Lipinski definition) is 2. The Balaban J connectivity index is 1.59. The van der Waals surface area contributed by atoms with Gasteiger partial charge in [-0.1, -0.05) is 25.0 Å². The van der Waals surface area contributed by atoms with E-state index in [0.29, 0.717) is 17.3 Å². The molecule has 2 N–H and O–H groups in total. The highest BCUT2D eigenvalue weighted by Crippen LogP contribution is 2.33. The maximum Gasteiger partial charge on any atom is 0.229 e. The molecule has 1 saturated carbocycles. The first-order chi connectivity index (χ1) is 10.2. The molecule has 3 rings (SSSR count). The van der Waals surface area contributed by atoms with Crippen LogP contribution in [-0.2, 0) is 11.2 Å². The van der Waals surface area contributed by atoms with Crippen molar-refractivity contribution in [2.75, 3.05) is 5.32 Å². The van der Waals surface area contributed by atoms with Crippen LogP contribution in [0.1, 0.15) is 42.9 Å². The molecule has 0 radical (unpaired) electrons. The van der Waals surface area contributed by atoms with Crippen LogP contribution >= 0.6 is 0 Å². The average molecular weight is 287 g/mol. The Kier molecular flexibility index (Phi) is 3.99. The molecule has 0 saturated heterocycles. The Morgan fingerprint density at radius 3 is 2.90 bits per heavy atom. The molecule has 1 aromatic heterocycles. The molecule has 0 aliphatic heterocycles. The van der Waals surface area contributed by atoms with E-state index in [2.05, 4.69) is 15.5 Å². The normalized spacial score (nSPS) is 15.3. The zero-order valence-corrected chi connectivity index (χ0v) is 11.7. The van der Waals surface area contributed by atoms with Gasteiger partial charge in [-0.05, 0) is 30.5 Å². The molecule has 1 amide bonds. The third-order valence-corrected chi connectivity index (χ3v) is 3.91. The molecule has 110 valence electrons. The van der Waals surface area contributed by atoms with Crippen molar-refractivity contribution in [3.8, 4) is 0 Å². The van der Waals surface area contributed by atoms with E-state index >= 15 is 0 Å². The maximum atomic E-state index is 13.1. The lowest BCUT2D eigenvalue weighted by atomic mass is 10.0. The Hall–Kier alpha value is -2.17. The second kappa shape index (κ2) is 6.08. The fraction of sp³-hybridized carbons (Fsp3) is 0.375. The number of hydrogen-bond donors (Lipinski definition) is 2. The molecule has 1 heterocycles. The summed E-state index contributed by atoms with van der Waals surface area (Å²) in [5.74, 6) is 0.554. The largest absolute Gasteiger partial charge is 0.309 e. The second-order valence-corrected chi connectivity index (χ2v) is 5.54. The standard InChI is InChI=1S/C16H18FN3O/c17-13-7-3-4-11(8-13)9-16(21)18-15-10-14(19-20-15)12-5-1-2-6-12/h3-4,7-8,10,12H,1-2,5-6,9H2,(H2,18,19,20,21). The van der Waals surface area contributed by atoms with Gasteiger partial charge < -0.3 is 5.32 Å². The summed E-state index contributed by atoms with van der Waals surface area (Å²) in [7, 11) is 0. The van der Waals surface area contributed by atoms with E-state index in [-0.39, 0.29) is 18.1 Å². The molecule has 1 aromatic carbocycles. The summed E-state index contributed by atoms with van der Waals surface area (Å²) in [4.78, 5) is 11.9. The SMILES string of the molecule is O=C(Cc1cccc(F)c1)Nc1cc(C2CCCC2)[nH]n1. The highest BCUT2D eigenvalue weighted by Gasteiger charge is 2.19. The van der Waals surface area contributed by atoms with Crippen molar-refractivity contribution in [3.05, 3.63) is 47.4 Å². The quantitative estimate of drug-likeness (QED) is 0.905. The maximum absolute atomic E-state index is 13.1. The zero-order chi connectivity index (χ0) is 14.7. The van der Waals surface area contributed by atoms with Gasteiger partial charge in [-0.15, -0.1) is 0 Å². The number of H-pyrrole nitrogens is 1. The second-order valence-electron chi connectivity index (χ2n) is 5.54. The Morgan fingerprint density at radius 1 is 1.33 bits per heavy atom. The van der Waals surface area contributed by atoms with Crippen LogP contribution in [0.4, 0.5) is 10.2 Å². The molecular weight excluding hydrogens is 269 g/mol. The lowest BCUT2D eigenvalue weighted by Crippen LogP contribution is -2.14. The minimum Gasteiger partial charge on any atom is -0.309 e. The summed E-state index contributed by atoms with van der Waals surface area (Å²) in [6.45, 7) is 0. The average Bonchev–Trinajstić information content (AvgIpc) is 3.08. The van der Waals surface area contributed by atoms with Gasteiger partial charge in [-0.25, -0.2) is 4.39 Å². The number of rotatable bonds is 4. The van der Waals surface area contributed by atoms with Crippen molar-refractivity contribution >= 4 is 11.7 Å². The monoisotopic (exact) mass is 287 g/mol. The van der Waals surface area contributed by atoms with E-state index in [1.807, 2.05) is 6.07 Å². The van der Waals surface area contributed by atoms with Gasteiger partial charge in [0.15, 0.2) is 5.82 Å². The van der Waals surface area contributed by atoms with Gasteiger partial charge in [-0.3, -0.25) is 9.89 Å². The first-order valence-corrected chi connectivity index (χ1v) is 7.30. The van der Waals surface area contributed by atoms with Crippen LogP contribution in [0.25, 0.3) is 0 Å². The van der Waals surface area contributed by atoms with Crippen molar-refractivity contribution in [2.45, 2.75) is 38.0 Å². The fourth-order valence-corrected chi connectivity index (χ4v) is 2.87. The molecule has 5 heteroatoms. The van der Waals surface area contributed by atoms with Crippen LogP contribution in [0.15, 0.2) is 30.3 Å². The first-order valence-electron chi connectivity index (χ1n) is 7.30. The third-order valence-electron chi connectivity index (χ3n) is 3.91. The zero-order valence-electron chi connectivity index (χ0n) is 11.7. The molecule has 1 fully saturated rings. The molecule has 0 atom stereocenters. The molecular formula is C16H18FN3O. The third kappa shape index (κ3) is 3.48. The molecule has 1 aliphatic carbocycles. The van der Waals surface area contributed by atoms with Crippen molar-refractivity contribution in [2.24, 2.45) is 0 Å². The topological polar surface area (TPSA) is 57.8 Å². The van der Waals surface area contributed by atoms with E-state index in [0.717, 1.165) is 5.69 Å². The van der Waals surface area contributed by atoms with Crippen molar-refractivity contribution in [3.63, 3.8) is 0 Å². The Bertz CT molecular complexity index is 632. The number of benzene rings is 1. The molecule has 0 bridgehead atoms. The number of amides is 1. The first kappa shape index (κ1) is 13.8. The van der Waals surface area contributed by atoms with E-state index < -0.39 is 0 Å². The summed E-state index contributed by atoms with van der Waals surface area (Å²) in [6.07, 6.45) is 5.01.